The molecular weight excluding hydrogens is 404 g/mol. The van der Waals surface area contributed by atoms with Crippen molar-refractivity contribution >= 4 is 11.7 Å². The number of methoxy groups -OCH3 is 3. The number of nitrogens with zero attached hydrogens (tertiary/aromatic N) is 1. The molecule has 0 bridgehead atoms. The highest BCUT2D eigenvalue weighted by molar-refractivity contribution is 5.86. The Hall–Kier alpha value is -2.93. The van der Waals surface area contributed by atoms with E-state index >= 15 is 0 Å². The molecule has 0 saturated carbocycles. The predicted molar refractivity (Wildman–Crippen MR) is 124 cm³/mol. The largest absolute Gasteiger partial charge is 0.466 e. The third kappa shape index (κ3) is 4.09. The number of carbonyl (C=O) groups is 1. The summed E-state index contributed by atoms with van der Waals surface area (Å²) in [7, 11) is 4.66. The van der Waals surface area contributed by atoms with Crippen LogP contribution >= 0.6 is 0 Å². The SMILES string of the molecule is COC(=O)/C=C1\Nc2ccccc2[C@@]12CCN(Cc1ccccc1)[C@H]2/C=C/C(OC)OC. The molecule has 6 nitrogen and oxygen atoms in total. The molecule has 0 aliphatic carbocycles. The Morgan fingerprint density at radius 2 is 1.84 bits per heavy atom. The topological polar surface area (TPSA) is 60.0 Å². The van der Waals surface area contributed by atoms with Gasteiger partial charge in [0.1, 0.15) is 0 Å². The maximum Gasteiger partial charge on any atom is 0.332 e. The van der Waals surface area contributed by atoms with Crippen molar-refractivity contribution in [3.05, 3.63) is 89.6 Å². The third-order valence-corrected chi connectivity index (χ3v) is 6.46. The fourth-order valence-corrected chi connectivity index (χ4v) is 4.96. The first-order valence-electron chi connectivity index (χ1n) is 10.8. The molecule has 1 spiro atoms. The zero-order valence-corrected chi connectivity index (χ0v) is 18.8. The molecule has 4 rings (SSSR count). The van der Waals surface area contributed by atoms with Gasteiger partial charge in [0.15, 0.2) is 6.29 Å². The summed E-state index contributed by atoms with van der Waals surface area (Å²) in [6, 6.07) is 18.7. The van der Waals surface area contributed by atoms with Crippen molar-refractivity contribution in [3.63, 3.8) is 0 Å². The summed E-state index contributed by atoms with van der Waals surface area (Å²) >= 11 is 0. The number of anilines is 1. The van der Waals surface area contributed by atoms with Gasteiger partial charge < -0.3 is 19.5 Å². The lowest BCUT2D eigenvalue weighted by Gasteiger charge is -2.35. The van der Waals surface area contributed by atoms with Crippen LogP contribution < -0.4 is 5.32 Å². The Morgan fingerprint density at radius 1 is 1.12 bits per heavy atom. The Balaban J connectivity index is 1.81. The van der Waals surface area contributed by atoms with Gasteiger partial charge in [-0.1, -0.05) is 54.6 Å². The first kappa shape index (κ1) is 22.3. The lowest BCUT2D eigenvalue weighted by molar-refractivity contribution is -0.134. The second-order valence-electron chi connectivity index (χ2n) is 8.10. The number of hydrogen-bond donors (Lipinski definition) is 1. The van der Waals surface area contributed by atoms with Gasteiger partial charge in [0.2, 0.25) is 0 Å². The highest BCUT2D eigenvalue weighted by atomic mass is 16.7. The number of esters is 1. The van der Waals surface area contributed by atoms with Crippen LogP contribution in [0.2, 0.25) is 0 Å². The predicted octanol–water partition coefficient (Wildman–Crippen LogP) is 3.86. The molecule has 6 heteroatoms. The summed E-state index contributed by atoms with van der Waals surface area (Å²) in [5.74, 6) is -0.365. The van der Waals surface area contributed by atoms with Crippen LogP contribution in [0.1, 0.15) is 17.5 Å². The fraction of sp³-hybridized carbons (Fsp3) is 0.346. The molecule has 1 fully saturated rings. The number of hydrogen-bond acceptors (Lipinski definition) is 6. The van der Waals surface area contributed by atoms with Crippen molar-refractivity contribution in [1.82, 2.24) is 4.90 Å². The average Bonchev–Trinajstić information content (AvgIpc) is 3.34. The number of benzene rings is 2. The van der Waals surface area contributed by atoms with Gasteiger partial charge >= 0.3 is 5.97 Å². The van der Waals surface area contributed by atoms with E-state index in [0.717, 1.165) is 30.9 Å². The van der Waals surface area contributed by atoms with Crippen LogP contribution in [-0.2, 0) is 31.0 Å². The Bertz CT molecular complexity index is 1000. The summed E-state index contributed by atoms with van der Waals surface area (Å²) < 4.78 is 15.8. The van der Waals surface area contributed by atoms with Gasteiger partial charge in [-0.2, -0.15) is 0 Å². The number of ether oxygens (including phenoxy) is 3. The monoisotopic (exact) mass is 434 g/mol. The molecule has 168 valence electrons. The molecule has 2 heterocycles. The van der Waals surface area contributed by atoms with E-state index in [1.165, 1.54) is 18.2 Å². The van der Waals surface area contributed by atoms with Crippen molar-refractivity contribution in [2.24, 2.45) is 0 Å². The third-order valence-electron chi connectivity index (χ3n) is 6.46. The van der Waals surface area contributed by atoms with Crippen molar-refractivity contribution in [2.75, 3.05) is 33.2 Å². The molecule has 2 atom stereocenters. The first-order valence-corrected chi connectivity index (χ1v) is 10.8. The van der Waals surface area contributed by atoms with E-state index in [1.807, 2.05) is 18.2 Å². The Kier molecular flexibility index (Phi) is 6.74. The van der Waals surface area contributed by atoms with Crippen LogP contribution in [0.5, 0.6) is 0 Å². The molecular formula is C26H30N2O4. The van der Waals surface area contributed by atoms with Gasteiger partial charge in [-0.05, 0) is 29.7 Å². The number of rotatable bonds is 7. The maximum atomic E-state index is 12.3. The number of nitrogens with one attached hydrogen (secondary N) is 1. The zero-order valence-electron chi connectivity index (χ0n) is 18.8. The smallest absolute Gasteiger partial charge is 0.332 e. The Morgan fingerprint density at radius 3 is 2.56 bits per heavy atom. The summed E-state index contributed by atoms with van der Waals surface area (Å²) in [6.45, 7) is 1.68. The van der Waals surface area contributed by atoms with Crippen molar-refractivity contribution < 1.29 is 19.0 Å². The molecule has 1 N–H and O–H groups in total. The maximum absolute atomic E-state index is 12.3. The van der Waals surface area contributed by atoms with E-state index in [4.69, 9.17) is 14.2 Å². The van der Waals surface area contributed by atoms with Crippen molar-refractivity contribution in [3.8, 4) is 0 Å². The minimum atomic E-state index is -0.441. The fourth-order valence-electron chi connectivity index (χ4n) is 4.96. The van der Waals surface area contributed by atoms with E-state index in [2.05, 4.69) is 58.8 Å². The van der Waals surface area contributed by atoms with Crippen molar-refractivity contribution in [1.29, 1.82) is 0 Å². The van der Waals surface area contributed by atoms with Crippen LogP contribution in [0.4, 0.5) is 5.69 Å². The average molecular weight is 435 g/mol. The summed E-state index contributed by atoms with van der Waals surface area (Å²) in [4.78, 5) is 14.7. The lowest BCUT2D eigenvalue weighted by atomic mass is 9.73. The van der Waals surface area contributed by atoms with Gasteiger partial charge in [0.05, 0.1) is 12.5 Å². The van der Waals surface area contributed by atoms with Gasteiger partial charge in [-0.25, -0.2) is 4.79 Å². The van der Waals surface area contributed by atoms with E-state index < -0.39 is 11.7 Å². The lowest BCUT2D eigenvalue weighted by Crippen LogP contribution is -2.42. The highest BCUT2D eigenvalue weighted by Gasteiger charge is 2.54. The van der Waals surface area contributed by atoms with Gasteiger partial charge in [-0.3, -0.25) is 4.90 Å². The first-order chi connectivity index (χ1) is 15.6. The van der Waals surface area contributed by atoms with Crippen LogP contribution in [0.15, 0.2) is 78.5 Å². The van der Waals surface area contributed by atoms with Gasteiger partial charge in [-0.15, -0.1) is 0 Å². The standard InChI is InChI=1S/C26H30N2O4/c1-30-24(29)17-22-26(20-11-7-8-12-21(20)27-22)15-16-28(18-19-9-5-4-6-10-19)23(26)13-14-25(31-2)32-3/h4-14,17,23,25,27H,15-16,18H2,1-3H3/b14-13+,22-17-/t23-,26-/m0/s1. The van der Waals surface area contributed by atoms with Crippen LogP contribution in [0, 0.1) is 0 Å². The van der Waals surface area contributed by atoms with Crippen LogP contribution in [0.3, 0.4) is 0 Å². The number of fused-ring (bicyclic) bond motifs is 2. The molecule has 0 unspecified atom stereocenters. The molecule has 1 saturated heterocycles. The van der Waals surface area contributed by atoms with E-state index in [-0.39, 0.29) is 12.0 Å². The zero-order chi connectivity index (χ0) is 22.6. The molecule has 0 radical (unpaired) electrons. The number of carbonyl (C=O) groups excluding carboxylic acids is 1. The molecule has 32 heavy (non-hydrogen) atoms. The quantitative estimate of drug-likeness (QED) is 0.309. The molecule has 2 aliphatic heterocycles. The highest BCUT2D eigenvalue weighted by Crippen LogP contribution is 2.53. The van der Waals surface area contributed by atoms with E-state index in [9.17, 15) is 4.79 Å². The molecule has 2 aliphatic rings. The normalized spacial score (nSPS) is 23.9. The minimum absolute atomic E-state index is 0.0115. The van der Waals surface area contributed by atoms with Crippen LogP contribution in [-0.4, -0.2) is 51.1 Å². The minimum Gasteiger partial charge on any atom is -0.466 e. The second-order valence-corrected chi connectivity index (χ2v) is 8.10. The summed E-state index contributed by atoms with van der Waals surface area (Å²) in [5.41, 5.74) is 3.92. The molecule has 0 amide bonds. The summed E-state index contributed by atoms with van der Waals surface area (Å²) in [5, 5.41) is 3.50. The Labute approximate surface area is 189 Å². The molecule has 2 aromatic rings. The molecule has 0 aromatic heterocycles. The summed E-state index contributed by atoms with van der Waals surface area (Å²) in [6.07, 6.45) is 6.13. The van der Waals surface area contributed by atoms with Crippen molar-refractivity contribution in [2.45, 2.75) is 30.7 Å². The van der Waals surface area contributed by atoms with E-state index in [0.29, 0.717) is 0 Å². The van der Waals surface area contributed by atoms with Gasteiger partial charge in [0.25, 0.3) is 0 Å². The number of para-hydroxylation sites is 1. The second kappa shape index (κ2) is 9.69. The molecule has 2 aromatic carbocycles. The van der Waals surface area contributed by atoms with Gasteiger partial charge in [0, 0.05) is 50.8 Å². The van der Waals surface area contributed by atoms with Crippen LogP contribution in [0.25, 0.3) is 0 Å². The van der Waals surface area contributed by atoms with E-state index in [1.54, 1.807) is 20.3 Å². The number of likely N-dealkylation sites (tertiary alicyclic amines) is 1.